The van der Waals surface area contributed by atoms with Gasteiger partial charge in [-0.15, -0.1) is 0 Å². The van der Waals surface area contributed by atoms with Crippen LogP contribution in [0.1, 0.15) is 24.8 Å². The molecule has 0 aliphatic carbocycles. The minimum atomic E-state index is -3.93. The van der Waals surface area contributed by atoms with Crippen molar-refractivity contribution in [2.45, 2.75) is 37.4 Å². The molecule has 2 aliphatic heterocycles. The summed E-state index contributed by atoms with van der Waals surface area (Å²) in [5, 5.41) is 0. The Morgan fingerprint density at radius 1 is 1.00 bits per heavy atom. The van der Waals surface area contributed by atoms with E-state index in [0.29, 0.717) is 11.3 Å². The number of amides is 2. The minimum absolute atomic E-state index is 0.00267. The van der Waals surface area contributed by atoms with Crippen molar-refractivity contribution in [1.82, 2.24) is 4.90 Å². The van der Waals surface area contributed by atoms with Crippen molar-refractivity contribution in [3.63, 3.8) is 0 Å². The van der Waals surface area contributed by atoms with Gasteiger partial charge in [0.05, 0.1) is 12.1 Å². The molecule has 2 heterocycles. The number of hydrogen-bond donors (Lipinski definition) is 0. The number of benzene rings is 2. The predicted molar refractivity (Wildman–Crippen MR) is 108 cm³/mol. The van der Waals surface area contributed by atoms with Crippen LogP contribution in [0.4, 0.5) is 18.9 Å². The van der Waals surface area contributed by atoms with Crippen LogP contribution in [-0.2, 0) is 20.7 Å². The van der Waals surface area contributed by atoms with E-state index in [1.807, 2.05) is 0 Å². The Kier molecular flexibility index (Phi) is 5.75. The number of likely N-dealkylation sites (tertiary alicyclic amines) is 1. The Morgan fingerprint density at radius 2 is 1.65 bits per heavy atom. The number of alkyl halides is 2. The smallest absolute Gasteiger partial charge is 0.342 e. The second-order valence-electron chi connectivity index (χ2n) is 8.00. The van der Waals surface area contributed by atoms with Crippen LogP contribution in [0.2, 0.25) is 0 Å². The van der Waals surface area contributed by atoms with Gasteiger partial charge in [-0.05, 0) is 43.0 Å². The number of anilines is 1. The summed E-state index contributed by atoms with van der Waals surface area (Å²) < 4.78 is 47.7. The van der Waals surface area contributed by atoms with Crippen LogP contribution < -0.4 is 4.90 Å². The number of nitrogens with zero attached hydrogens (tertiary/aromatic N) is 2. The molecule has 5 nitrogen and oxygen atoms in total. The highest BCUT2D eigenvalue weighted by Crippen LogP contribution is 2.40. The molecule has 2 aliphatic rings. The summed E-state index contributed by atoms with van der Waals surface area (Å²) in [6.45, 7) is 0.481. The first-order valence-electron chi connectivity index (χ1n) is 10.3. The first-order chi connectivity index (χ1) is 14.8. The highest BCUT2D eigenvalue weighted by atomic mass is 19.3. The average molecular weight is 432 g/mol. The highest BCUT2D eigenvalue weighted by Gasteiger charge is 2.57. The van der Waals surface area contributed by atoms with Crippen molar-refractivity contribution in [2.75, 3.05) is 24.5 Å². The largest absolute Gasteiger partial charge is 0.437 e. The van der Waals surface area contributed by atoms with Crippen molar-refractivity contribution in [2.24, 2.45) is 0 Å². The van der Waals surface area contributed by atoms with Crippen molar-refractivity contribution in [3.05, 3.63) is 66.0 Å². The maximum Gasteiger partial charge on any atom is 0.437 e. The number of para-hydroxylation sites is 1. The van der Waals surface area contributed by atoms with E-state index in [4.69, 9.17) is 4.74 Å². The first kappa shape index (κ1) is 21.4. The molecule has 0 unspecified atom stereocenters. The third-order valence-electron chi connectivity index (χ3n) is 5.95. The van der Waals surface area contributed by atoms with Gasteiger partial charge in [-0.2, -0.15) is 8.78 Å². The SMILES string of the molecule is O=C(CCc1ccccc1F)N1CCC2(CC1)CN(c1ccccc1)C(=O)C(F)(F)O2. The third-order valence-corrected chi connectivity index (χ3v) is 5.95. The van der Waals surface area contributed by atoms with E-state index in [0.717, 1.165) is 4.90 Å². The number of morpholine rings is 1. The highest BCUT2D eigenvalue weighted by molar-refractivity contribution is 5.98. The summed E-state index contributed by atoms with van der Waals surface area (Å²) >= 11 is 0. The van der Waals surface area contributed by atoms with E-state index in [-0.39, 0.29) is 57.0 Å². The van der Waals surface area contributed by atoms with Crippen molar-refractivity contribution in [1.29, 1.82) is 0 Å². The molecule has 4 rings (SSSR count). The molecule has 2 fully saturated rings. The molecule has 31 heavy (non-hydrogen) atoms. The van der Waals surface area contributed by atoms with Gasteiger partial charge in [-0.3, -0.25) is 9.59 Å². The van der Waals surface area contributed by atoms with Gasteiger partial charge in [0.1, 0.15) is 5.82 Å². The molecular formula is C23H23F3N2O3. The van der Waals surface area contributed by atoms with Crippen LogP contribution in [0.15, 0.2) is 54.6 Å². The van der Waals surface area contributed by atoms with E-state index >= 15 is 0 Å². The van der Waals surface area contributed by atoms with Gasteiger partial charge in [-0.25, -0.2) is 4.39 Å². The summed E-state index contributed by atoms with van der Waals surface area (Å²) in [7, 11) is 0. The summed E-state index contributed by atoms with van der Waals surface area (Å²) in [6, 6.07) is 14.6. The average Bonchev–Trinajstić information content (AvgIpc) is 2.76. The number of piperidine rings is 1. The fourth-order valence-electron chi connectivity index (χ4n) is 4.21. The van der Waals surface area contributed by atoms with Crippen molar-refractivity contribution in [3.8, 4) is 0 Å². The molecule has 8 heteroatoms. The van der Waals surface area contributed by atoms with Gasteiger partial charge < -0.3 is 14.5 Å². The summed E-state index contributed by atoms with van der Waals surface area (Å²) in [5.74, 6) is -1.89. The Bertz CT molecular complexity index is 960. The lowest BCUT2D eigenvalue weighted by Crippen LogP contribution is -2.65. The Balaban J connectivity index is 1.41. The molecule has 2 aromatic carbocycles. The molecule has 0 atom stereocenters. The van der Waals surface area contributed by atoms with E-state index < -0.39 is 17.6 Å². The lowest BCUT2D eigenvalue weighted by atomic mass is 9.88. The number of carbonyl (C=O) groups is 2. The number of aryl methyl sites for hydroxylation is 1. The van der Waals surface area contributed by atoms with Gasteiger partial charge >= 0.3 is 12.0 Å². The molecule has 0 aromatic heterocycles. The number of carbonyl (C=O) groups excluding carboxylic acids is 2. The number of halogens is 3. The molecule has 2 amide bonds. The molecule has 0 radical (unpaired) electrons. The maximum atomic E-state index is 14.4. The lowest BCUT2D eigenvalue weighted by molar-refractivity contribution is -0.292. The molecule has 2 saturated heterocycles. The third kappa shape index (κ3) is 4.44. The van der Waals surface area contributed by atoms with Crippen LogP contribution >= 0.6 is 0 Å². The van der Waals surface area contributed by atoms with Gasteiger partial charge in [0, 0.05) is 25.2 Å². The van der Waals surface area contributed by atoms with E-state index in [1.54, 1.807) is 53.4 Å². The predicted octanol–water partition coefficient (Wildman–Crippen LogP) is 3.78. The molecule has 0 bridgehead atoms. The zero-order valence-electron chi connectivity index (χ0n) is 16.9. The zero-order valence-corrected chi connectivity index (χ0v) is 16.9. The molecule has 0 saturated carbocycles. The van der Waals surface area contributed by atoms with Crippen LogP contribution in [0, 0.1) is 5.82 Å². The number of hydrogen-bond acceptors (Lipinski definition) is 3. The fraction of sp³-hybridized carbons (Fsp3) is 0.391. The second kappa shape index (κ2) is 8.34. The summed E-state index contributed by atoms with van der Waals surface area (Å²) in [4.78, 5) is 27.5. The monoisotopic (exact) mass is 432 g/mol. The van der Waals surface area contributed by atoms with Crippen LogP contribution in [0.3, 0.4) is 0 Å². The van der Waals surface area contributed by atoms with Gasteiger partial charge in [0.25, 0.3) is 0 Å². The zero-order chi connectivity index (χ0) is 22.1. The molecule has 0 N–H and O–H groups in total. The Hall–Kier alpha value is -2.87. The quantitative estimate of drug-likeness (QED) is 0.739. The van der Waals surface area contributed by atoms with Gasteiger partial charge in [0.15, 0.2) is 0 Å². The molecule has 2 aromatic rings. The van der Waals surface area contributed by atoms with Gasteiger partial charge in [-0.1, -0.05) is 36.4 Å². The summed E-state index contributed by atoms with van der Waals surface area (Å²) in [5.41, 5.74) is -0.370. The maximum absolute atomic E-state index is 14.4. The fourth-order valence-corrected chi connectivity index (χ4v) is 4.21. The normalized spacial score (nSPS) is 20.2. The molecule has 164 valence electrons. The first-order valence-corrected chi connectivity index (χ1v) is 10.3. The second-order valence-corrected chi connectivity index (χ2v) is 8.00. The van der Waals surface area contributed by atoms with Crippen LogP contribution in [0.5, 0.6) is 0 Å². The van der Waals surface area contributed by atoms with Crippen LogP contribution in [0.25, 0.3) is 0 Å². The standard InChI is InChI=1S/C23H23F3N2O3/c24-19-9-5-4-6-17(19)10-11-20(29)27-14-12-22(13-15-27)16-28(18-7-2-1-3-8-18)21(30)23(25,26)31-22/h1-9H,10-16H2. The number of rotatable bonds is 4. The topological polar surface area (TPSA) is 49.9 Å². The van der Waals surface area contributed by atoms with Crippen molar-refractivity contribution >= 4 is 17.5 Å². The molecule has 1 spiro atoms. The lowest BCUT2D eigenvalue weighted by Gasteiger charge is -2.48. The van der Waals surface area contributed by atoms with E-state index in [2.05, 4.69) is 0 Å². The molecular weight excluding hydrogens is 409 g/mol. The Morgan fingerprint density at radius 3 is 2.32 bits per heavy atom. The van der Waals surface area contributed by atoms with Crippen molar-refractivity contribution < 1.29 is 27.5 Å². The van der Waals surface area contributed by atoms with E-state index in [9.17, 15) is 22.8 Å². The van der Waals surface area contributed by atoms with Gasteiger partial charge in [0.2, 0.25) is 5.91 Å². The number of ether oxygens (including phenoxy) is 1. The van der Waals surface area contributed by atoms with Crippen LogP contribution in [-0.4, -0.2) is 48.1 Å². The Labute approximate surface area is 178 Å². The van der Waals surface area contributed by atoms with E-state index in [1.165, 1.54) is 6.07 Å². The summed E-state index contributed by atoms with van der Waals surface area (Å²) in [6.07, 6.45) is -3.14. The minimum Gasteiger partial charge on any atom is -0.342 e.